The maximum Gasteiger partial charge on any atom is 0.265 e. The first kappa shape index (κ1) is 17.3. The van der Waals surface area contributed by atoms with Crippen molar-refractivity contribution >= 4 is 28.3 Å². The number of carbonyl (C=O) groups is 2. The van der Waals surface area contributed by atoms with Gasteiger partial charge in [-0.2, -0.15) is 0 Å². The number of aromatic nitrogens is 2. The molecule has 1 aromatic carbocycles. The lowest BCUT2D eigenvalue weighted by atomic mass is 9.90. The third-order valence-electron chi connectivity index (χ3n) is 4.67. The molecule has 0 atom stereocenters. The van der Waals surface area contributed by atoms with E-state index in [1.54, 1.807) is 29.8 Å². The number of primary amides is 1. The van der Waals surface area contributed by atoms with E-state index in [1.165, 1.54) is 11.3 Å². The van der Waals surface area contributed by atoms with Crippen molar-refractivity contribution in [2.24, 2.45) is 5.73 Å². The molecule has 138 valence electrons. The zero-order valence-corrected chi connectivity index (χ0v) is 15.2. The van der Waals surface area contributed by atoms with E-state index in [4.69, 9.17) is 5.73 Å². The van der Waals surface area contributed by atoms with Gasteiger partial charge in [-0.3, -0.25) is 14.9 Å². The summed E-state index contributed by atoms with van der Waals surface area (Å²) in [4.78, 5) is 30.9. The molecule has 7 nitrogen and oxygen atoms in total. The zero-order chi connectivity index (χ0) is 19.0. The molecule has 2 heterocycles. The number of fused-ring (bicyclic) bond motifs is 1. The van der Waals surface area contributed by atoms with Crippen molar-refractivity contribution < 1.29 is 14.7 Å². The molecule has 0 fully saturated rings. The van der Waals surface area contributed by atoms with Gasteiger partial charge < -0.3 is 15.8 Å². The second-order valence-corrected chi connectivity index (χ2v) is 7.36. The van der Waals surface area contributed by atoms with Gasteiger partial charge in [-0.25, -0.2) is 4.98 Å². The molecule has 27 heavy (non-hydrogen) atoms. The van der Waals surface area contributed by atoms with E-state index < -0.39 is 11.8 Å². The highest BCUT2D eigenvalue weighted by Crippen LogP contribution is 2.30. The number of benzene rings is 1. The van der Waals surface area contributed by atoms with Crippen LogP contribution >= 0.6 is 11.3 Å². The van der Waals surface area contributed by atoms with E-state index in [0.717, 1.165) is 36.8 Å². The number of H-pyrrole nitrogens is 1. The highest BCUT2D eigenvalue weighted by atomic mass is 32.1. The molecule has 0 unspecified atom stereocenters. The number of nitrogens with two attached hydrogens (primary N) is 1. The first-order chi connectivity index (χ1) is 13.0. The topological polar surface area (TPSA) is 121 Å². The summed E-state index contributed by atoms with van der Waals surface area (Å²) in [5, 5.41) is 15.1. The Morgan fingerprint density at radius 1 is 1.19 bits per heavy atom. The number of aromatic hydroxyl groups is 1. The third kappa shape index (κ3) is 3.43. The molecule has 8 heteroatoms. The van der Waals surface area contributed by atoms with Gasteiger partial charge in [0.05, 0.1) is 11.3 Å². The van der Waals surface area contributed by atoms with E-state index in [2.05, 4.69) is 15.3 Å². The second kappa shape index (κ2) is 6.88. The predicted octanol–water partition coefficient (Wildman–Crippen LogP) is 3.07. The quantitative estimate of drug-likeness (QED) is 0.554. The standard InChI is InChI=1S/C19H18N4O3S/c20-17(25)14-6-12(8-21-14)15-9-27-19(22-15)23-18(26)13-5-10-3-1-2-4-11(10)7-16(13)24/h5-9,21,24H,1-4H2,(H2,20,25)(H,22,23,26). The molecule has 1 aliphatic carbocycles. The predicted molar refractivity (Wildman–Crippen MR) is 103 cm³/mol. The fraction of sp³-hybridized carbons (Fsp3) is 0.211. The van der Waals surface area contributed by atoms with E-state index in [9.17, 15) is 14.7 Å². The number of hydrogen-bond acceptors (Lipinski definition) is 5. The Hall–Kier alpha value is -3.13. The molecule has 2 amide bonds. The molecule has 3 aromatic rings. The lowest BCUT2D eigenvalue weighted by Gasteiger charge is -2.17. The molecular weight excluding hydrogens is 364 g/mol. The van der Waals surface area contributed by atoms with Gasteiger partial charge in [-0.05, 0) is 55.0 Å². The van der Waals surface area contributed by atoms with Gasteiger partial charge in [0.15, 0.2) is 5.13 Å². The van der Waals surface area contributed by atoms with Crippen LogP contribution in [0.5, 0.6) is 5.75 Å². The number of phenolic OH excluding ortho intramolecular Hbond substituents is 1. The lowest BCUT2D eigenvalue weighted by Crippen LogP contribution is -2.14. The van der Waals surface area contributed by atoms with E-state index in [-0.39, 0.29) is 11.3 Å². The van der Waals surface area contributed by atoms with Crippen LogP contribution in [0.2, 0.25) is 0 Å². The molecule has 0 radical (unpaired) electrons. The van der Waals surface area contributed by atoms with Gasteiger partial charge in [0.2, 0.25) is 0 Å². The summed E-state index contributed by atoms with van der Waals surface area (Å²) in [5.74, 6) is -0.955. The number of anilines is 1. The zero-order valence-electron chi connectivity index (χ0n) is 14.4. The van der Waals surface area contributed by atoms with Gasteiger partial charge in [-0.1, -0.05) is 0 Å². The summed E-state index contributed by atoms with van der Waals surface area (Å²) >= 11 is 1.26. The summed E-state index contributed by atoms with van der Waals surface area (Å²) < 4.78 is 0. The van der Waals surface area contributed by atoms with Crippen LogP contribution in [0.1, 0.15) is 44.8 Å². The Morgan fingerprint density at radius 2 is 1.93 bits per heavy atom. The molecule has 2 aromatic heterocycles. The maximum atomic E-state index is 12.6. The molecule has 0 aliphatic heterocycles. The Bertz CT molecular complexity index is 1040. The van der Waals surface area contributed by atoms with Crippen molar-refractivity contribution in [2.75, 3.05) is 5.32 Å². The smallest absolute Gasteiger partial charge is 0.265 e. The van der Waals surface area contributed by atoms with Crippen molar-refractivity contribution in [2.45, 2.75) is 25.7 Å². The largest absolute Gasteiger partial charge is 0.507 e. The van der Waals surface area contributed by atoms with Crippen molar-refractivity contribution in [3.63, 3.8) is 0 Å². The number of amides is 2. The van der Waals surface area contributed by atoms with Crippen LogP contribution in [-0.4, -0.2) is 26.9 Å². The summed E-state index contributed by atoms with van der Waals surface area (Å²) in [7, 11) is 0. The Labute approximate surface area is 159 Å². The number of aromatic amines is 1. The molecule has 0 bridgehead atoms. The number of nitrogens with one attached hydrogen (secondary N) is 2. The fourth-order valence-electron chi connectivity index (χ4n) is 3.27. The van der Waals surface area contributed by atoms with Crippen LogP contribution in [0.25, 0.3) is 11.3 Å². The second-order valence-electron chi connectivity index (χ2n) is 6.50. The Morgan fingerprint density at radius 3 is 2.63 bits per heavy atom. The molecule has 0 saturated carbocycles. The number of nitrogens with zero attached hydrogens (tertiary/aromatic N) is 1. The van der Waals surface area contributed by atoms with Crippen molar-refractivity contribution in [1.82, 2.24) is 9.97 Å². The highest BCUT2D eigenvalue weighted by Gasteiger charge is 2.19. The molecule has 0 spiro atoms. The van der Waals surface area contributed by atoms with E-state index in [0.29, 0.717) is 22.1 Å². The first-order valence-corrected chi connectivity index (χ1v) is 9.49. The van der Waals surface area contributed by atoms with Crippen LogP contribution in [0.3, 0.4) is 0 Å². The van der Waals surface area contributed by atoms with Crippen LogP contribution in [-0.2, 0) is 12.8 Å². The first-order valence-electron chi connectivity index (χ1n) is 8.61. The number of phenols is 1. The fourth-order valence-corrected chi connectivity index (χ4v) is 3.98. The van der Waals surface area contributed by atoms with Crippen molar-refractivity contribution in [1.29, 1.82) is 0 Å². The molecular formula is C19H18N4O3S. The van der Waals surface area contributed by atoms with Gasteiger partial charge in [0.1, 0.15) is 11.4 Å². The van der Waals surface area contributed by atoms with Crippen LogP contribution in [0.4, 0.5) is 5.13 Å². The number of thiazole rings is 1. The summed E-state index contributed by atoms with van der Waals surface area (Å²) in [5.41, 5.74) is 9.34. The van der Waals surface area contributed by atoms with Gasteiger partial charge in [-0.15, -0.1) is 11.3 Å². The molecule has 0 saturated heterocycles. The van der Waals surface area contributed by atoms with Crippen LogP contribution < -0.4 is 11.1 Å². The molecule has 1 aliphatic rings. The minimum atomic E-state index is -0.548. The minimum Gasteiger partial charge on any atom is -0.507 e. The minimum absolute atomic E-state index is 0.0123. The molecule has 5 N–H and O–H groups in total. The van der Waals surface area contributed by atoms with Gasteiger partial charge in [0.25, 0.3) is 11.8 Å². The summed E-state index contributed by atoms with van der Waals surface area (Å²) in [6.07, 6.45) is 5.70. The van der Waals surface area contributed by atoms with Crippen molar-refractivity contribution in [3.05, 3.63) is 52.2 Å². The lowest BCUT2D eigenvalue weighted by molar-refractivity contribution is 0.0993. The average Bonchev–Trinajstić information content (AvgIpc) is 3.30. The van der Waals surface area contributed by atoms with Gasteiger partial charge in [0, 0.05) is 17.1 Å². The maximum absolute atomic E-state index is 12.6. The summed E-state index contributed by atoms with van der Waals surface area (Å²) in [6.45, 7) is 0. The van der Waals surface area contributed by atoms with E-state index >= 15 is 0 Å². The van der Waals surface area contributed by atoms with Crippen LogP contribution in [0, 0.1) is 0 Å². The monoisotopic (exact) mass is 382 g/mol. The van der Waals surface area contributed by atoms with Crippen LogP contribution in [0.15, 0.2) is 29.8 Å². The van der Waals surface area contributed by atoms with Crippen molar-refractivity contribution in [3.8, 4) is 17.0 Å². The normalized spacial score (nSPS) is 13.2. The Balaban J connectivity index is 1.53. The number of aryl methyl sites for hydroxylation is 2. The summed E-state index contributed by atoms with van der Waals surface area (Å²) in [6, 6.07) is 5.08. The van der Waals surface area contributed by atoms with Gasteiger partial charge >= 0.3 is 0 Å². The number of hydrogen-bond donors (Lipinski definition) is 4. The average molecular weight is 382 g/mol. The van der Waals surface area contributed by atoms with E-state index in [1.807, 2.05) is 0 Å². The molecule has 4 rings (SSSR count). The third-order valence-corrected chi connectivity index (χ3v) is 5.43. The highest BCUT2D eigenvalue weighted by molar-refractivity contribution is 7.14. The number of carbonyl (C=O) groups excluding carboxylic acids is 2. The SMILES string of the molecule is NC(=O)c1cc(-c2csc(NC(=O)c3cc4c(cc3O)CCCC4)n2)c[nH]1. The number of rotatable bonds is 4. The Kier molecular flexibility index (Phi) is 4.41.